The minimum atomic E-state index is -0.297. The summed E-state index contributed by atoms with van der Waals surface area (Å²) in [6, 6.07) is 15.1. The molecule has 24 heavy (non-hydrogen) atoms. The number of hydrogen-bond donors (Lipinski definition) is 2. The number of aliphatic hydroxyl groups is 1. The summed E-state index contributed by atoms with van der Waals surface area (Å²) in [6.45, 7) is 3.10. The number of piperidine rings is 1. The summed E-state index contributed by atoms with van der Waals surface area (Å²) in [5.41, 5.74) is 3.71. The van der Waals surface area contributed by atoms with Crippen molar-refractivity contribution >= 4 is 0 Å². The molecular weight excluding hydrogens is 298 g/mol. The Labute approximate surface area is 143 Å². The highest BCUT2D eigenvalue weighted by Gasteiger charge is 2.33. The number of rotatable bonds is 4. The summed E-state index contributed by atoms with van der Waals surface area (Å²) >= 11 is 0. The van der Waals surface area contributed by atoms with Crippen LogP contribution in [0.1, 0.15) is 35.7 Å². The van der Waals surface area contributed by atoms with Crippen molar-refractivity contribution in [3.8, 4) is 0 Å². The summed E-state index contributed by atoms with van der Waals surface area (Å²) in [4.78, 5) is 6.89. The molecule has 2 atom stereocenters. The Kier molecular flexibility index (Phi) is 4.60. The first-order chi connectivity index (χ1) is 11.8. The molecular formula is C20H25N3O. The van der Waals surface area contributed by atoms with Gasteiger partial charge >= 0.3 is 0 Å². The van der Waals surface area contributed by atoms with Crippen LogP contribution in [0.5, 0.6) is 0 Å². The van der Waals surface area contributed by atoms with E-state index >= 15 is 0 Å². The highest BCUT2D eigenvalue weighted by molar-refractivity contribution is 5.36. The number of likely N-dealkylation sites (tertiary alicyclic amines) is 1. The lowest BCUT2D eigenvalue weighted by Gasteiger charge is -2.34. The molecule has 1 saturated heterocycles. The molecule has 4 heteroatoms. The maximum atomic E-state index is 10.4. The van der Waals surface area contributed by atoms with Crippen molar-refractivity contribution < 1.29 is 5.11 Å². The zero-order valence-electron chi connectivity index (χ0n) is 13.9. The fraction of sp³-hybridized carbons (Fsp3) is 0.450. The maximum Gasteiger partial charge on any atom is 0.0775 e. The molecule has 2 N–H and O–H groups in total. The molecule has 2 aliphatic rings. The quantitative estimate of drug-likeness (QED) is 0.906. The standard InChI is InChI=1S/C20H25N3O/c24-19-13-15-5-1-2-7-18(15)20(19)22-16-8-11-23(12-9-16)14-17-6-3-4-10-21-17/h1-7,10,16,19-20,22,24H,8-9,11-14H2/t19-,20+/m0/s1. The van der Waals surface area contributed by atoms with Gasteiger partial charge in [0.05, 0.1) is 17.8 Å². The molecule has 0 spiro atoms. The van der Waals surface area contributed by atoms with Gasteiger partial charge in [0, 0.05) is 38.3 Å². The molecule has 0 saturated carbocycles. The fourth-order valence-corrected chi connectivity index (χ4v) is 4.01. The first kappa shape index (κ1) is 15.8. The Balaban J connectivity index is 1.32. The number of fused-ring (bicyclic) bond motifs is 1. The second-order valence-electron chi connectivity index (χ2n) is 6.99. The van der Waals surface area contributed by atoms with E-state index in [1.54, 1.807) is 0 Å². The first-order valence-corrected chi connectivity index (χ1v) is 8.94. The van der Waals surface area contributed by atoms with E-state index in [-0.39, 0.29) is 12.1 Å². The number of pyridine rings is 1. The Bertz CT molecular complexity index is 668. The van der Waals surface area contributed by atoms with Crippen LogP contribution in [0, 0.1) is 0 Å². The third kappa shape index (κ3) is 3.36. The lowest BCUT2D eigenvalue weighted by molar-refractivity contribution is 0.118. The average molecular weight is 323 g/mol. The molecule has 0 radical (unpaired) electrons. The third-order valence-corrected chi connectivity index (χ3v) is 5.32. The molecule has 1 aliphatic carbocycles. The summed E-state index contributed by atoms with van der Waals surface area (Å²) < 4.78 is 0. The highest BCUT2D eigenvalue weighted by atomic mass is 16.3. The van der Waals surface area contributed by atoms with E-state index in [0.717, 1.165) is 44.6 Å². The monoisotopic (exact) mass is 323 g/mol. The van der Waals surface area contributed by atoms with Crippen molar-refractivity contribution in [1.29, 1.82) is 0 Å². The number of hydrogen-bond acceptors (Lipinski definition) is 4. The Morgan fingerprint density at radius 2 is 1.88 bits per heavy atom. The molecule has 1 fully saturated rings. The van der Waals surface area contributed by atoms with Gasteiger partial charge in [-0.3, -0.25) is 9.88 Å². The molecule has 1 aliphatic heterocycles. The van der Waals surface area contributed by atoms with Crippen molar-refractivity contribution in [2.24, 2.45) is 0 Å². The summed E-state index contributed by atoms with van der Waals surface area (Å²) in [5, 5.41) is 14.1. The van der Waals surface area contributed by atoms with Crippen LogP contribution >= 0.6 is 0 Å². The lowest BCUT2D eigenvalue weighted by atomic mass is 10.0. The molecule has 4 rings (SSSR count). The van der Waals surface area contributed by atoms with Crippen molar-refractivity contribution in [1.82, 2.24) is 15.2 Å². The van der Waals surface area contributed by atoms with Crippen LogP contribution < -0.4 is 5.32 Å². The van der Waals surface area contributed by atoms with E-state index in [2.05, 4.69) is 51.6 Å². The molecule has 1 aromatic carbocycles. The van der Waals surface area contributed by atoms with Gasteiger partial charge < -0.3 is 10.4 Å². The van der Waals surface area contributed by atoms with Gasteiger partial charge in [0.1, 0.15) is 0 Å². The number of benzene rings is 1. The third-order valence-electron chi connectivity index (χ3n) is 5.32. The van der Waals surface area contributed by atoms with Crippen molar-refractivity contribution in [2.75, 3.05) is 13.1 Å². The van der Waals surface area contributed by atoms with E-state index in [9.17, 15) is 5.11 Å². The predicted octanol–water partition coefficient (Wildman–Crippen LogP) is 2.29. The topological polar surface area (TPSA) is 48.4 Å². The number of aromatic nitrogens is 1. The van der Waals surface area contributed by atoms with Gasteiger partial charge in [-0.1, -0.05) is 30.3 Å². The van der Waals surface area contributed by atoms with Gasteiger partial charge in [-0.15, -0.1) is 0 Å². The van der Waals surface area contributed by atoms with Gasteiger partial charge in [0.15, 0.2) is 0 Å². The molecule has 2 aromatic rings. The van der Waals surface area contributed by atoms with E-state index in [0.29, 0.717) is 6.04 Å². The first-order valence-electron chi connectivity index (χ1n) is 8.94. The molecule has 4 nitrogen and oxygen atoms in total. The summed E-state index contributed by atoms with van der Waals surface area (Å²) in [6.07, 6.45) is 4.58. The van der Waals surface area contributed by atoms with Crippen LogP contribution in [-0.2, 0) is 13.0 Å². The van der Waals surface area contributed by atoms with Crippen LogP contribution in [-0.4, -0.2) is 40.2 Å². The zero-order valence-corrected chi connectivity index (χ0v) is 13.9. The van der Waals surface area contributed by atoms with E-state index in [4.69, 9.17) is 0 Å². The van der Waals surface area contributed by atoms with Crippen LogP contribution in [0.15, 0.2) is 48.7 Å². The van der Waals surface area contributed by atoms with Crippen molar-refractivity contribution in [3.63, 3.8) is 0 Å². The van der Waals surface area contributed by atoms with Crippen LogP contribution in [0.25, 0.3) is 0 Å². The highest BCUT2D eigenvalue weighted by Crippen LogP contribution is 2.32. The fourth-order valence-electron chi connectivity index (χ4n) is 4.01. The minimum absolute atomic E-state index is 0.0912. The second-order valence-corrected chi connectivity index (χ2v) is 6.99. The average Bonchev–Trinajstić information content (AvgIpc) is 2.93. The predicted molar refractivity (Wildman–Crippen MR) is 94.6 cm³/mol. The van der Waals surface area contributed by atoms with E-state index in [1.807, 2.05) is 12.3 Å². The van der Waals surface area contributed by atoms with E-state index < -0.39 is 0 Å². The van der Waals surface area contributed by atoms with Crippen molar-refractivity contribution in [2.45, 2.75) is 44.0 Å². The normalized spacial score (nSPS) is 24.9. The number of nitrogens with zero attached hydrogens (tertiary/aromatic N) is 2. The maximum absolute atomic E-state index is 10.4. The minimum Gasteiger partial charge on any atom is -0.391 e. The van der Waals surface area contributed by atoms with E-state index in [1.165, 1.54) is 11.1 Å². The molecule has 126 valence electrons. The van der Waals surface area contributed by atoms with Gasteiger partial charge in [0.25, 0.3) is 0 Å². The molecule has 0 bridgehead atoms. The molecule has 0 unspecified atom stereocenters. The lowest BCUT2D eigenvalue weighted by Crippen LogP contribution is -2.45. The Morgan fingerprint density at radius 1 is 1.08 bits per heavy atom. The number of nitrogens with one attached hydrogen (secondary N) is 1. The zero-order chi connectivity index (χ0) is 16.4. The van der Waals surface area contributed by atoms with Gasteiger partial charge in [-0.2, -0.15) is 0 Å². The van der Waals surface area contributed by atoms with Gasteiger partial charge in [0.2, 0.25) is 0 Å². The van der Waals surface area contributed by atoms with Crippen LogP contribution in [0.4, 0.5) is 0 Å². The Morgan fingerprint density at radius 3 is 2.67 bits per heavy atom. The largest absolute Gasteiger partial charge is 0.391 e. The molecule has 2 heterocycles. The summed E-state index contributed by atoms with van der Waals surface area (Å²) in [5.74, 6) is 0. The molecule has 1 aromatic heterocycles. The second kappa shape index (κ2) is 7.01. The summed E-state index contributed by atoms with van der Waals surface area (Å²) in [7, 11) is 0. The SMILES string of the molecule is O[C@H]1Cc2ccccc2[C@H]1NC1CCN(Cc2ccccn2)CC1. The molecule has 0 amide bonds. The smallest absolute Gasteiger partial charge is 0.0775 e. The van der Waals surface area contributed by atoms with Crippen LogP contribution in [0.3, 0.4) is 0 Å². The van der Waals surface area contributed by atoms with Crippen molar-refractivity contribution in [3.05, 3.63) is 65.5 Å². The Hall–Kier alpha value is -1.75. The number of aliphatic hydroxyl groups excluding tert-OH is 1. The van der Waals surface area contributed by atoms with Gasteiger partial charge in [-0.25, -0.2) is 0 Å². The van der Waals surface area contributed by atoms with Crippen LogP contribution in [0.2, 0.25) is 0 Å². The van der Waals surface area contributed by atoms with Gasteiger partial charge in [-0.05, 0) is 36.1 Å².